The Morgan fingerprint density at radius 2 is 1.82 bits per heavy atom. The molecule has 0 aliphatic rings. The van der Waals surface area contributed by atoms with E-state index < -0.39 is 0 Å². The minimum absolute atomic E-state index is 0.400. The number of fused-ring (bicyclic) bond motifs is 1. The topological polar surface area (TPSA) is 107 Å². The van der Waals surface area contributed by atoms with Crippen LogP contribution in [0, 0.1) is 11.8 Å². The molecule has 4 aromatic heterocycles. The van der Waals surface area contributed by atoms with Crippen LogP contribution in [0.2, 0.25) is 0 Å². The van der Waals surface area contributed by atoms with E-state index in [1.54, 1.807) is 23.3 Å². The first kappa shape index (κ1) is 21.3. The Hall–Kier alpha value is -4.55. The lowest BCUT2D eigenvalue weighted by molar-refractivity contribution is 0.768. The quantitative estimate of drug-likeness (QED) is 0.256. The molecule has 0 radical (unpaired) electrons. The van der Waals surface area contributed by atoms with E-state index in [0.29, 0.717) is 22.9 Å². The molecule has 5 rings (SSSR count). The van der Waals surface area contributed by atoms with Crippen molar-refractivity contribution in [3.05, 3.63) is 90.8 Å². The number of benzene rings is 1. The Labute approximate surface area is 200 Å². The number of pyridine rings is 3. The molecule has 166 valence electrons. The van der Waals surface area contributed by atoms with Crippen LogP contribution in [-0.4, -0.2) is 24.7 Å². The molecule has 0 aliphatic heterocycles. The largest absolute Gasteiger partial charge is 0.383 e. The van der Waals surface area contributed by atoms with Gasteiger partial charge in [0.05, 0.1) is 17.4 Å². The molecule has 4 heterocycles. The first-order valence-corrected chi connectivity index (χ1v) is 11.2. The summed E-state index contributed by atoms with van der Waals surface area (Å²) in [5.41, 5.74) is 9.11. The summed E-state index contributed by atoms with van der Waals surface area (Å²) in [5, 5.41) is 9.36. The molecule has 9 heteroatoms. The highest BCUT2D eigenvalue weighted by molar-refractivity contribution is 8.00. The van der Waals surface area contributed by atoms with Gasteiger partial charge in [-0.2, -0.15) is 5.10 Å². The Morgan fingerprint density at radius 3 is 2.62 bits per heavy atom. The van der Waals surface area contributed by atoms with Gasteiger partial charge in [-0.1, -0.05) is 5.92 Å². The van der Waals surface area contributed by atoms with Gasteiger partial charge in [0.1, 0.15) is 17.3 Å². The Kier molecular flexibility index (Phi) is 5.97. The maximum Gasteiger partial charge on any atom is 0.139 e. The van der Waals surface area contributed by atoms with Crippen molar-refractivity contribution in [2.45, 2.75) is 4.90 Å². The fraction of sp³-hybridized carbons (Fsp3) is 0.0400. The second-order valence-electron chi connectivity index (χ2n) is 7.39. The molecule has 0 unspecified atom stereocenters. The van der Waals surface area contributed by atoms with Crippen LogP contribution in [-0.2, 0) is 7.05 Å². The molecule has 8 nitrogen and oxygen atoms in total. The molecular formula is C25H20N8S. The normalized spacial score (nSPS) is 10.5. The first-order valence-electron chi connectivity index (χ1n) is 10.4. The lowest BCUT2D eigenvalue weighted by atomic mass is 10.1. The summed E-state index contributed by atoms with van der Waals surface area (Å²) in [6, 6.07) is 15.6. The van der Waals surface area contributed by atoms with Gasteiger partial charge in [-0.25, -0.2) is 15.0 Å². The summed E-state index contributed by atoms with van der Waals surface area (Å²) < 4.78 is 5.03. The molecule has 1 aromatic carbocycles. The molecule has 34 heavy (non-hydrogen) atoms. The van der Waals surface area contributed by atoms with E-state index in [4.69, 9.17) is 5.73 Å². The van der Waals surface area contributed by atoms with Crippen LogP contribution in [0.3, 0.4) is 0 Å². The zero-order chi connectivity index (χ0) is 23.3. The van der Waals surface area contributed by atoms with Gasteiger partial charge in [0.2, 0.25) is 0 Å². The third kappa shape index (κ3) is 4.92. The van der Waals surface area contributed by atoms with Crippen LogP contribution in [0.4, 0.5) is 23.0 Å². The molecule has 0 amide bonds. The van der Waals surface area contributed by atoms with Gasteiger partial charge >= 0.3 is 0 Å². The van der Waals surface area contributed by atoms with E-state index in [1.807, 2.05) is 68.0 Å². The maximum atomic E-state index is 5.90. The molecule has 4 N–H and O–H groups in total. The van der Waals surface area contributed by atoms with Crippen LogP contribution < -0.4 is 15.8 Å². The predicted octanol–water partition coefficient (Wildman–Crippen LogP) is 4.60. The first-order chi connectivity index (χ1) is 16.6. The number of nitrogens with zero attached hydrogens (tertiary/aromatic N) is 5. The highest BCUT2D eigenvalue weighted by Crippen LogP contribution is 2.25. The van der Waals surface area contributed by atoms with Crippen molar-refractivity contribution in [3.8, 4) is 11.8 Å². The molecule has 0 saturated heterocycles. The van der Waals surface area contributed by atoms with Crippen molar-refractivity contribution in [3.63, 3.8) is 0 Å². The van der Waals surface area contributed by atoms with Crippen molar-refractivity contribution in [2.24, 2.45) is 7.05 Å². The number of rotatable bonds is 5. The van der Waals surface area contributed by atoms with Gasteiger partial charge < -0.3 is 15.8 Å². The van der Waals surface area contributed by atoms with E-state index in [9.17, 15) is 0 Å². The molecule has 5 aromatic rings. The van der Waals surface area contributed by atoms with Crippen LogP contribution in [0.1, 0.15) is 11.3 Å². The summed E-state index contributed by atoms with van der Waals surface area (Å²) in [5.74, 6) is 7.29. The third-order valence-electron chi connectivity index (χ3n) is 4.92. The fourth-order valence-electron chi connectivity index (χ4n) is 3.23. The summed E-state index contributed by atoms with van der Waals surface area (Å²) in [6.07, 6.45) is 8.89. The zero-order valence-electron chi connectivity index (χ0n) is 18.2. The van der Waals surface area contributed by atoms with Gasteiger partial charge in [-0.3, -0.25) is 4.68 Å². The number of nitrogens with one attached hydrogen (secondary N) is 2. The summed E-state index contributed by atoms with van der Waals surface area (Å²) >= 11 is 1.53. The van der Waals surface area contributed by atoms with Crippen LogP contribution >= 0.6 is 11.9 Å². The lowest BCUT2D eigenvalue weighted by Crippen LogP contribution is -1.95. The van der Waals surface area contributed by atoms with E-state index in [0.717, 1.165) is 27.0 Å². The maximum absolute atomic E-state index is 5.90. The van der Waals surface area contributed by atoms with Gasteiger partial charge in [0.25, 0.3) is 0 Å². The number of hydrogen-bond acceptors (Lipinski definition) is 8. The number of nitrogens with two attached hydrogens (primary N) is 1. The number of anilines is 4. The minimum Gasteiger partial charge on any atom is -0.383 e. The van der Waals surface area contributed by atoms with Crippen molar-refractivity contribution >= 4 is 45.7 Å². The fourth-order valence-corrected chi connectivity index (χ4v) is 3.84. The zero-order valence-corrected chi connectivity index (χ0v) is 19.0. The van der Waals surface area contributed by atoms with Crippen molar-refractivity contribution < 1.29 is 0 Å². The standard InChI is InChI=1S/C25H20N8S/c1-33-16-20(15-30-33)32-34-21-7-5-19(6-8-21)31-24-13-22-18(14-29-24)10-12-27-23(22)9-4-17-3-2-11-28-25(17)26/h2-3,5-8,10-16,32H,1H3,(H2,26,28)(H,29,31). The molecule has 0 atom stereocenters. The molecule has 0 spiro atoms. The van der Waals surface area contributed by atoms with Crippen LogP contribution in [0.5, 0.6) is 0 Å². The lowest BCUT2D eigenvalue weighted by Gasteiger charge is -2.08. The summed E-state index contributed by atoms with van der Waals surface area (Å²) in [6.45, 7) is 0. The van der Waals surface area contributed by atoms with Gasteiger partial charge in [0.15, 0.2) is 0 Å². The average Bonchev–Trinajstić information content (AvgIpc) is 3.28. The Balaban J connectivity index is 1.33. The van der Waals surface area contributed by atoms with Gasteiger partial charge in [0, 0.05) is 53.2 Å². The average molecular weight is 465 g/mol. The van der Waals surface area contributed by atoms with E-state index in [-0.39, 0.29) is 0 Å². The van der Waals surface area contributed by atoms with Gasteiger partial charge in [-0.05, 0) is 66.4 Å². The molecular weight excluding hydrogens is 444 g/mol. The number of aryl methyl sites for hydroxylation is 1. The summed E-state index contributed by atoms with van der Waals surface area (Å²) in [4.78, 5) is 14.1. The Bertz CT molecular complexity index is 1520. The van der Waals surface area contributed by atoms with Crippen molar-refractivity contribution in [2.75, 3.05) is 15.8 Å². The smallest absolute Gasteiger partial charge is 0.139 e. The van der Waals surface area contributed by atoms with Crippen molar-refractivity contribution in [1.82, 2.24) is 24.7 Å². The predicted molar refractivity (Wildman–Crippen MR) is 137 cm³/mol. The third-order valence-corrected chi connectivity index (χ3v) is 5.77. The minimum atomic E-state index is 0.400. The molecule has 0 bridgehead atoms. The molecule has 0 fully saturated rings. The SMILES string of the molecule is Cn1cc(NSc2ccc(Nc3cc4c(C#Cc5cccnc5N)nccc4cn3)cc2)cn1. The molecule has 0 saturated carbocycles. The van der Waals surface area contributed by atoms with E-state index in [2.05, 4.69) is 41.9 Å². The molecule has 0 aliphatic carbocycles. The van der Waals surface area contributed by atoms with Crippen LogP contribution in [0.25, 0.3) is 10.8 Å². The van der Waals surface area contributed by atoms with E-state index >= 15 is 0 Å². The highest BCUT2D eigenvalue weighted by atomic mass is 32.2. The highest BCUT2D eigenvalue weighted by Gasteiger charge is 2.05. The monoisotopic (exact) mass is 464 g/mol. The second kappa shape index (κ2) is 9.52. The number of hydrogen-bond donors (Lipinski definition) is 3. The van der Waals surface area contributed by atoms with Crippen LogP contribution in [0.15, 0.2) is 84.4 Å². The van der Waals surface area contributed by atoms with Crippen molar-refractivity contribution in [1.29, 1.82) is 0 Å². The van der Waals surface area contributed by atoms with E-state index in [1.165, 1.54) is 11.9 Å². The Morgan fingerprint density at radius 1 is 0.941 bits per heavy atom. The second-order valence-corrected chi connectivity index (χ2v) is 8.27. The summed E-state index contributed by atoms with van der Waals surface area (Å²) in [7, 11) is 1.89. The number of nitrogen functional groups attached to an aromatic ring is 1. The van der Waals surface area contributed by atoms with Gasteiger partial charge in [-0.15, -0.1) is 0 Å². The number of aromatic nitrogens is 5.